The molecule has 0 aliphatic carbocycles. The Bertz CT molecular complexity index is 7680. The van der Waals surface area contributed by atoms with Crippen LogP contribution in [0.1, 0.15) is 0 Å². The zero-order valence-corrected chi connectivity index (χ0v) is 56.9. The number of nitrogens with zero attached hydrogens (tertiary/aromatic N) is 5. The Balaban J connectivity index is 0.684. The lowest BCUT2D eigenvalue weighted by molar-refractivity contribution is 0.668. The van der Waals surface area contributed by atoms with Crippen LogP contribution in [0.3, 0.4) is 0 Å². The summed E-state index contributed by atoms with van der Waals surface area (Å²) in [7, 11) is 0. The number of fused-ring (bicyclic) bond motifs is 19. The number of para-hydroxylation sites is 6. The summed E-state index contributed by atoms with van der Waals surface area (Å²) in [5.74, 6) is 0.622. The van der Waals surface area contributed by atoms with Crippen molar-refractivity contribution in [3.63, 3.8) is 0 Å². The van der Waals surface area contributed by atoms with Gasteiger partial charge < -0.3 is 27.0 Å². The molecule has 0 aliphatic heterocycles. The number of aromatic nitrogens is 5. The van der Waals surface area contributed by atoms with E-state index in [1.54, 1.807) is 0 Å². The Kier molecular flexibility index (Phi) is 12.4. The molecule has 0 aliphatic rings. The van der Waals surface area contributed by atoms with Gasteiger partial charge in [0.1, 0.15) is 33.5 Å². The molecule has 492 valence electrons. The molecule has 0 amide bonds. The average Bonchev–Trinajstić information content (AvgIpc) is 1.66. The first-order valence-corrected chi connectivity index (χ1v) is 36.0. The van der Waals surface area contributed by atoms with Gasteiger partial charge >= 0.3 is 0 Å². The predicted molar refractivity (Wildman–Crippen MR) is 437 cm³/mol. The van der Waals surface area contributed by atoms with Gasteiger partial charge in [0, 0.05) is 98.2 Å². The van der Waals surface area contributed by atoms with E-state index < -0.39 is 0 Å². The highest BCUT2D eigenvalue weighted by Gasteiger charge is 2.23. The number of benzene rings is 16. The lowest BCUT2D eigenvalue weighted by Gasteiger charge is -2.15. The van der Waals surface area contributed by atoms with Crippen LogP contribution in [0.2, 0.25) is 0 Å². The van der Waals surface area contributed by atoms with Crippen molar-refractivity contribution in [2.45, 2.75) is 0 Å². The van der Waals surface area contributed by atoms with Crippen LogP contribution in [0.4, 0.5) is 0 Å². The lowest BCUT2D eigenvalue weighted by atomic mass is 9.99. The monoisotopic (exact) mass is 1350 g/mol. The van der Waals surface area contributed by atoms with Crippen LogP contribution in [-0.4, -0.2) is 23.7 Å². The summed E-state index contributed by atoms with van der Waals surface area (Å²) in [5, 5.41) is 14.7. The zero-order valence-electron chi connectivity index (χ0n) is 56.9. The Labute approximate surface area is 605 Å². The molecule has 16 aromatic carbocycles. The molecule has 7 aromatic heterocycles. The van der Waals surface area contributed by atoms with Crippen molar-refractivity contribution in [2.75, 3.05) is 0 Å². The molecule has 106 heavy (non-hydrogen) atoms. The minimum Gasteiger partial charge on any atom is -0.456 e. The first kappa shape index (κ1) is 58.3. The standard InChI is InChI=1S/C98H57N5O3/c1-7-28-85-71(22-1)74-41-34-60(63-37-44-80-77-25-4-10-31-91(77)104-94(80)55-63)52-88(74)101(85)68-19-13-16-58(48-68)59-40-47-84-83(51-59)97(66-17-14-20-69(49-66)102-86-29-8-2-23-72(86)75-42-35-61(53-89(75)102)64-38-45-81-78-26-5-11-32-92(78)105-95(81)56-64)100-98(99-84)67-18-15-21-70(50-67)103-87-30-9-3-24-73(87)76-43-36-62(54-90(76)103)65-39-46-82-79-27-6-12-33-93(79)106-96(82)57-65/h1-57H. The zero-order chi connectivity index (χ0) is 69.2. The van der Waals surface area contributed by atoms with E-state index in [4.69, 9.17) is 23.2 Å². The molecule has 8 nitrogen and oxygen atoms in total. The highest BCUT2D eigenvalue weighted by atomic mass is 16.3. The molecule has 0 N–H and O–H groups in total. The molecule has 0 saturated heterocycles. The maximum atomic E-state index is 6.44. The third kappa shape index (κ3) is 8.95. The van der Waals surface area contributed by atoms with E-state index in [1.165, 1.54) is 32.3 Å². The van der Waals surface area contributed by atoms with Crippen LogP contribution < -0.4 is 0 Å². The Morgan fingerprint density at radius 2 is 0.481 bits per heavy atom. The van der Waals surface area contributed by atoms with Crippen molar-refractivity contribution in [3.8, 4) is 84.2 Å². The summed E-state index contributed by atoms with van der Waals surface area (Å²) in [4.78, 5) is 11.4. The lowest BCUT2D eigenvalue weighted by Crippen LogP contribution is -1.99. The van der Waals surface area contributed by atoms with E-state index in [-0.39, 0.29) is 0 Å². The van der Waals surface area contributed by atoms with Gasteiger partial charge in [0.25, 0.3) is 0 Å². The second-order valence-corrected chi connectivity index (χ2v) is 28.0. The van der Waals surface area contributed by atoms with Gasteiger partial charge in [-0.25, -0.2) is 9.97 Å². The Morgan fingerprint density at radius 1 is 0.179 bits per heavy atom. The fourth-order valence-electron chi connectivity index (χ4n) is 17.1. The van der Waals surface area contributed by atoms with Crippen LogP contribution in [-0.2, 0) is 0 Å². The van der Waals surface area contributed by atoms with Crippen molar-refractivity contribution in [1.29, 1.82) is 0 Å². The number of hydrogen-bond acceptors (Lipinski definition) is 5. The van der Waals surface area contributed by atoms with E-state index in [2.05, 4.69) is 323 Å². The first-order valence-electron chi connectivity index (χ1n) is 36.0. The molecule has 23 rings (SSSR count). The molecule has 0 bridgehead atoms. The number of hydrogen-bond donors (Lipinski definition) is 0. The van der Waals surface area contributed by atoms with Crippen molar-refractivity contribution < 1.29 is 13.3 Å². The van der Waals surface area contributed by atoms with E-state index >= 15 is 0 Å². The summed E-state index contributed by atoms with van der Waals surface area (Å²) in [5.41, 5.74) is 27.2. The third-order valence-corrected chi connectivity index (χ3v) is 22.0. The molecule has 8 heteroatoms. The van der Waals surface area contributed by atoms with Crippen LogP contribution in [0.15, 0.2) is 359 Å². The third-order valence-electron chi connectivity index (χ3n) is 22.0. The molecule has 0 radical (unpaired) electrons. The molecule has 0 spiro atoms. The molecule has 0 saturated carbocycles. The van der Waals surface area contributed by atoms with Crippen LogP contribution in [0.25, 0.3) is 226 Å². The van der Waals surface area contributed by atoms with Crippen molar-refractivity contribution >= 4 is 142 Å². The Morgan fingerprint density at radius 3 is 0.915 bits per heavy atom. The van der Waals surface area contributed by atoms with Crippen LogP contribution >= 0.6 is 0 Å². The molecule has 0 fully saturated rings. The fraction of sp³-hybridized carbons (Fsp3) is 0. The summed E-state index contributed by atoms with van der Waals surface area (Å²) >= 11 is 0. The number of rotatable bonds is 9. The smallest absolute Gasteiger partial charge is 0.160 e. The summed E-state index contributed by atoms with van der Waals surface area (Å²) in [6.07, 6.45) is 0. The predicted octanol–water partition coefficient (Wildman–Crippen LogP) is 26.6. The maximum absolute atomic E-state index is 6.44. The molecule has 0 unspecified atom stereocenters. The van der Waals surface area contributed by atoms with Gasteiger partial charge in [-0.1, -0.05) is 206 Å². The second kappa shape index (κ2) is 22.6. The van der Waals surface area contributed by atoms with Crippen LogP contribution in [0, 0.1) is 0 Å². The second-order valence-electron chi connectivity index (χ2n) is 28.0. The van der Waals surface area contributed by atoms with E-state index in [0.29, 0.717) is 5.82 Å². The quantitative estimate of drug-likeness (QED) is 0.144. The minimum absolute atomic E-state index is 0.622. The fourth-order valence-corrected chi connectivity index (χ4v) is 17.1. The van der Waals surface area contributed by atoms with Gasteiger partial charge in [0.05, 0.1) is 44.3 Å². The highest BCUT2D eigenvalue weighted by Crippen LogP contribution is 2.44. The van der Waals surface area contributed by atoms with E-state index in [0.717, 1.165) is 188 Å². The van der Waals surface area contributed by atoms with E-state index in [1.807, 2.05) is 36.4 Å². The molecule has 0 atom stereocenters. The van der Waals surface area contributed by atoms with Crippen LogP contribution in [0.5, 0.6) is 0 Å². The minimum atomic E-state index is 0.622. The molecule has 7 heterocycles. The SMILES string of the molecule is c1cc(-c2ccc3nc(-c4cccc(-n5c6ccccc6c6ccc(-c7ccc8c(c7)oc7ccccc78)cc65)c4)nc(-c4cccc(-n5c6ccccc6c6ccc(-c7ccc8c(c7)oc7ccccc78)cc65)c4)c3c2)cc(-n2c3ccccc3c3ccc(-c4ccc5c(c4)oc4ccccc45)cc32)c1. The summed E-state index contributed by atoms with van der Waals surface area (Å²) in [6, 6.07) is 124. The Hall–Kier alpha value is -14.3. The summed E-state index contributed by atoms with van der Waals surface area (Å²) < 4.78 is 26.5. The van der Waals surface area contributed by atoms with Crippen molar-refractivity contribution in [3.05, 3.63) is 346 Å². The van der Waals surface area contributed by atoms with E-state index in [9.17, 15) is 0 Å². The van der Waals surface area contributed by atoms with Gasteiger partial charge in [-0.15, -0.1) is 0 Å². The van der Waals surface area contributed by atoms with Gasteiger partial charge in [-0.05, 0) is 184 Å². The molecule has 23 aromatic rings. The summed E-state index contributed by atoms with van der Waals surface area (Å²) in [6.45, 7) is 0. The van der Waals surface area contributed by atoms with Gasteiger partial charge in [0.15, 0.2) is 5.82 Å². The molecular weight excluding hydrogens is 1300 g/mol. The maximum Gasteiger partial charge on any atom is 0.160 e. The topological polar surface area (TPSA) is 80.0 Å². The number of furan rings is 3. The average molecular weight is 1350 g/mol. The van der Waals surface area contributed by atoms with Crippen molar-refractivity contribution in [2.24, 2.45) is 0 Å². The molecular formula is C98H57N5O3. The van der Waals surface area contributed by atoms with Gasteiger partial charge in [-0.2, -0.15) is 0 Å². The van der Waals surface area contributed by atoms with Crippen molar-refractivity contribution in [1.82, 2.24) is 23.7 Å². The van der Waals surface area contributed by atoms with Gasteiger partial charge in [-0.3, -0.25) is 0 Å². The first-order chi connectivity index (χ1) is 52.5. The largest absolute Gasteiger partial charge is 0.456 e. The highest BCUT2D eigenvalue weighted by molar-refractivity contribution is 6.15. The normalized spacial score (nSPS) is 12.2. The van der Waals surface area contributed by atoms with Gasteiger partial charge in [0.2, 0.25) is 0 Å².